The highest BCUT2D eigenvalue weighted by Gasteiger charge is 2.26. The third-order valence-electron chi connectivity index (χ3n) is 4.34. The van der Waals surface area contributed by atoms with Crippen LogP contribution in [0, 0.1) is 0 Å². The zero-order valence-corrected chi connectivity index (χ0v) is 17.5. The number of amides is 1. The summed E-state index contributed by atoms with van der Waals surface area (Å²) in [6.45, 7) is 5.58. The number of aromatic amines is 1. The molecular weight excluding hydrogens is 388 g/mol. The Balaban J connectivity index is 1.61. The largest absolute Gasteiger partial charge is 0.444 e. The van der Waals surface area contributed by atoms with Crippen LogP contribution >= 0.6 is 23.4 Å². The summed E-state index contributed by atoms with van der Waals surface area (Å²) in [7, 11) is 0. The number of rotatable bonds is 4. The number of hydrogen-bond donors (Lipinski definition) is 3. The van der Waals surface area contributed by atoms with Crippen molar-refractivity contribution in [2.75, 3.05) is 11.6 Å². The van der Waals surface area contributed by atoms with Crippen LogP contribution in [0.2, 0.25) is 5.28 Å². The summed E-state index contributed by atoms with van der Waals surface area (Å²) < 4.78 is 5.33. The lowest BCUT2D eigenvalue weighted by Crippen LogP contribution is -2.42. The average molecular weight is 413 g/mol. The zero-order valence-electron chi connectivity index (χ0n) is 15.9. The number of anilines is 1. The van der Waals surface area contributed by atoms with E-state index in [9.17, 15) is 4.79 Å². The fraction of sp³-hybridized carbons (Fsp3) is 0.647. The van der Waals surface area contributed by atoms with Crippen molar-refractivity contribution in [1.82, 2.24) is 25.5 Å². The van der Waals surface area contributed by atoms with Crippen LogP contribution < -0.4 is 10.6 Å². The van der Waals surface area contributed by atoms with E-state index in [1.54, 1.807) is 0 Å². The molecule has 148 valence electrons. The molecule has 0 aromatic carbocycles. The monoisotopic (exact) mass is 412 g/mol. The van der Waals surface area contributed by atoms with Crippen molar-refractivity contribution >= 4 is 46.3 Å². The Bertz CT molecular complexity index is 814. The first-order valence-corrected chi connectivity index (χ1v) is 10.6. The Morgan fingerprint density at radius 2 is 1.89 bits per heavy atom. The van der Waals surface area contributed by atoms with Crippen LogP contribution in [-0.2, 0) is 4.74 Å². The minimum absolute atomic E-state index is 0.127. The predicted molar refractivity (Wildman–Crippen MR) is 108 cm³/mol. The number of aromatic nitrogens is 4. The Hall–Kier alpha value is -1.74. The molecule has 1 aliphatic carbocycles. The molecule has 1 amide bonds. The molecule has 1 fully saturated rings. The maximum absolute atomic E-state index is 11.9. The number of alkyl carbamates (subject to hydrolysis) is 1. The zero-order chi connectivity index (χ0) is 19.6. The number of carbonyl (C=O) groups is 1. The molecule has 2 aromatic heterocycles. The molecule has 0 radical (unpaired) electrons. The number of nitrogens with one attached hydrogen (secondary N) is 3. The standard InChI is InChI=1S/C17H25ClN6O2S/c1-17(2,3)26-16(25)20-10-7-5-9(6-8-10)19-12-11-13(22-15(18)21-12)23-24-14(11)27-4/h9-10H,5-8H2,1-4H3,(H,20,25)(H2,19,21,22,23,24). The van der Waals surface area contributed by atoms with Gasteiger partial charge in [-0.2, -0.15) is 15.1 Å². The summed E-state index contributed by atoms with van der Waals surface area (Å²) in [6.07, 6.45) is 5.18. The van der Waals surface area contributed by atoms with E-state index in [0.717, 1.165) is 36.1 Å². The van der Waals surface area contributed by atoms with Crippen molar-refractivity contribution in [1.29, 1.82) is 0 Å². The number of thioether (sulfide) groups is 1. The van der Waals surface area contributed by atoms with Gasteiger partial charge in [-0.3, -0.25) is 5.10 Å². The fourth-order valence-electron chi connectivity index (χ4n) is 3.18. The number of ether oxygens (including phenoxy) is 1. The summed E-state index contributed by atoms with van der Waals surface area (Å²) in [5.41, 5.74) is 0.141. The molecule has 10 heteroatoms. The van der Waals surface area contributed by atoms with Gasteiger partial charge in [0.2, 0.25) is 5.28 Å². The van der Waals surface area contributed by atoms with Gasteiger partial charge in [-0.1, -0.05) is 0 Å². The van der Waals surface area contributed by atoms with Crippen LogP contribution in [0.25, 0.3) is 11.0 Å². The van der Waals surface area contributed by atoms with E-state index in [1.165, 1.54) is 11.8 Å². The van der Waals surface area contributed by atoms with E-state index in [2.05, 4.69) is 30.8 Å². The minimum atomic E-state index is -0.486. The van der Waals surface area contributed by atoms with Gasteiger partial charge >= 0.3 is 6.09 Å². The van der Waals surface area contributed by atoms with Gasteiger partial charge in [0.1, 0.15) is 16.4 Å². The van der Waals surface area contributed by atoms with Crippen LogP contribution in [0.15, 0.2) is 5.03 Å². The number of hydrogen-bond acceptors (Lipinski definition) is 7. The third-order valence-corrected chi connectivity index (χ3v) is 5.19. The molecule has 1 aliphatic rings. The Labute approximate surface area is 167 Å². The molecule has 1 saturated carbocycles. The second-order valence-corrected chi connectivity index (χ2v) is 8.77. The lowest BCUT2D eigenvalue weighted by atomic mass is 9.91. The molecule has 2 aromatic rings. The van der Waals surface area contributed by atoms with E-state index in [1.807, 2.05) is 27.0 Å². The Morgan fingerprint density at radius 3 is 2.52 bits per heavy atom. The van der Waals surface area contributed by atoms with Crippen molar-refractivity contribution in [2.24, 2.45) is 0 Å². The van der Waals surface area contributed by atoms with Crippen molar-refractivity contribution in [3.63, 3.8) is 0 Å². The van der Waals surface area contributed by atoms with Gasteiger partial charge in [0.25, 0.3) is 0 Å². The highest BCUT2D eigenvalue weighted by molar-refractivity contribution is 7.98. The molecular formula is C17H25ClN6O2S. The first kappa shape index (κ1) is 20.0. The topological polar surface area (TPSA) is 105 Å². The Kier molecular flexibility index (Phi) is 6.00. The van der Waals surface area contributed by atoms with Gasteiger partial charge in [0.15, 0.2) is 5.65 Å². The number of fused-ring (bicyclic) bond motifs is 1. The quantitative estimate of drug-likeness (QED) is 0.515. The first-order chi connectivity index (χ1) is 12.7. The van der Waals surface area contributed by atoms with Crippen LogP contribution in [0.1, 0.15) is 46.5 Å². The van der Waals surface area contributed by atoms with Crippen LogP contribution in [0.4, 0.5) is 10.6 Å². The minimum Gasteiger partial charge on any atom is -0.444 e. The first-order valence-electron chi connectivity index (χ1n) is 8.97. The van der Waals surface area contributed by atoms with Gasteiger partial charge in [0.05, 0.1) is 5.39 Å². The van der Waals surface area contributed by atoms with Gasteiger partial charge in [-0.05, 0) is 64.3 Å². The molecule has 0 aliphatic heterocycles. The van der Waals surface area contributed by atoms with Crippen molar-refractivity contribution < 1.29 is 9.53 Å². The maximum Gasteiger partial charge on any atom is 0.407 e. The molecule has 27 heavy (non-hydrogen) atoms. The molecule has 0 saturated heterocycles. The number of carbonyl (C=O) groups excluding carboxylic acids is 1. The molecule has 0 unspecified atom stereocenters. The summed E-state index contributed by atoms with van der Waals surface area (Å²) in [5.74, 6) is 0.701. The smallest absolute Gasteiger partial charge is 0.407 e. The number of H-pyrrole nitrogens is 1. The van der Waals surface area contributed by atoms with Crippen molar-refractivity contribution in [2.45, 2.75) is 69.2 Å². The fourth-order valence-corrected chi connectivity index (χ4v) is 3.88. The van der Waals surface area contributed by atoms with E-state index in [0.29, 0.717) is 11.5 Å². The molecule has 0 atom stereocenters. The van der Waals surface area contributed by atoms with Crippen molar-refractivity contribution in [3.8, 4) is 0 Å². The normalized spacial score (nSPS) is 20.5. The molecule has 8 nitrogen and oxygen atoms in total. The van der Waals surface area contributed by atoms with E-state index >= 15 is 0 Å². The molecule has 2 heterocycles. The van der Waals surface area contributed by atoms with Gasteiger partial charge < -0.3 is 15.4 Å². The summed E-state index contributed by atoms with van der Waals surface area (Å²) in [5, 5.41) is 15.5. The molecule has 0 bridgehead atoms. The predicted octanol–water partition coefficient (Wildman–Crippen LogP) is 3.98. The van der Waals surface area contributed by atoms with E-state index in [4.69, 9.17) is 16.3 Å². The van der Waals surface area contributed by atoms with E-state index in [-0.39, 0.29) is 23.5 Å². The maximum atomic E-state index is 11.9. The molecule has 0 spiro atoms. The van der Waals surface area contributed by atoms with Gasteiger partial charge in [-0.15, -0.1) is 11.8 Å². The SMILES string of the molecule is CSc1n[nH]c2nc(Cl)nc(NC3CCC(NC(=O)OC(C)(C)C)CC3)c12. The lowest BCUT2D eigenvalue weighted by molar-refractivity contribution is 0.0492. The summed E-state index contributed by atoms with van der Waals surface area (Å²) in [6, 6.07) is 0.378. The highest BCUT2D eigenvalue weighted by Crippen LogP contribution is 2.31. The lowest BCUT2D eigenvalue weighted by Gasteiger charge is -2.30. The molecule has 3 N–H and O–H groups in total. The molecule has 3 rings (SSSR count). The Morgan fingerprint density at radius 1 is 1.22 bits per heavy atom. The third kappa shape index (κ3) is 5.16. The van der Waals surface area contributed by atoms with Gasteiger partial charge in [0, 0.05) is 12.1 Å². The summed E-state index contributed by atoms with van der Waals surface area (Å²) in [4.78, 5) is 20.5. The van der Waals surface area contributed by atoms with E-state index < -0.39 is 5.60 Å². The van der Waals surface area contributed by atoms with Crippen molar-refractivity contribution in [3.05, 3.63) is 5.28 Å². The summed E-state index contributed by atoms with van der Waals surface area (Å²) >= 11 is 7.58. The highest BCUT2D eigenvalue weighted by atomic mass is 35.5. The number of halogens is 1. The number of nitrogens with zero attached hydrogens (tertiary/aromatic N) is 3. The second-order valence-electron chi connectivity index (χ2n) is 7.64. The van der Waals surface area contributed by atoms with Crippen LogP contribution in [-0.4, -0.2) is 50.2 Å². The van der Waals surface area contributed by atoms with Crippen LogP contribution in [0.5, 0.6) is 0 Å². The van der Waals surface area contributed by atoms with Crippen LogP contribution in [0.3, 0.4) is 0 Å². The average Bonchev–Trinajstić information content (AvgIpc) is 2.98. The second kappa shape index (κ2) is 8.10. The van der Waals surface area contributed by atoms with Gasteiger partial charge in [-0.25, -0.2) is 4.79 Å².